The molecule has 138 valence electrons. The monoisotopic (exact) mass is 341 g/mol. The Balaban J connectivity index is 2.34. The van der Waals surface area contributed by atoms with Gasteiger partial charge < -0.3 is 19.9 Å². The van der Waals surface area contributed by atoms with E-state index in [1.165, 1.54) is 6.92 Å². The molecule has 0 saturated carbocycles. The summed E-state index contributed by atoms with van der Waals surface area (Å²) in [6.07, 6.45) is 4.18. The van der Waals surface area contributed by atoms with E-state index in [-0.39, 0.29) is 30.5 Å². The van der Waals surface area contributed by atoms with E-state index < -0.39 is 0 Å². The fourth-order valence-electron chi connectivity index (χ4n) is 2.77. The summed E-state index contributed by atoms with van der Waals surface area (Å²) in [5.41, 5.74) is 0. The van der Waals surface area contributed by atoms with E-state index in [0.717, 1.165) is 19.3 Å². The van der Waals surface area contributed by atoms with E-state index in [0.29, 0.717) is 39.1 Å². The summed E-state index contributed by atoms with van der Waals surface area (Å²) in [4.78, 5) is 38.7. The minimum atomic E-state index is -0.291. The van der Waals surface area contributed by atoms with Crippen LogP contribution in [-0.2, 0) is 14.3 Å². The minimum absolute atomic E-state index is 0.0487. The first kappa shape index (κ1) is 20.3. The maximum absolute atomic E-state index is 12.2. The number of likely N-dealkylation sites (tertiary alicyclic amines) is 1. The molecule has 0 radical (unpaired) electrons. The Morgan fingerprint density at radius 2 is 1.83 bits per heavy atom. The minimum Gasteiger partial charge on any atom is -0.450 e. The van der Waals surface area contributed by atoms with Crippen LogP contribution in [0.5, 0.6) is 0 Å². The van der Waals surface area contributed by atoms with Gasteiger partial charge in [-0.2, -0.15) is 0 Å². The average Bonchev–Trinajstić information content (AvgIpc) is 2.54. The van der Waals surface area contributed by atoms with Crippen molar-refractivity contribution in [1.82, 2.24) is 15.1 Å². The fourth-order valence-corrected chi connectivity index (χ4v) is 2.77. The maximum atomic E-state index is 12.2. The number of hydrogen-bond acceptors (Lipinski definition) is 4. The van der Waals surface area contributed by atoms with Crippen LogP contribution in [0, 0.1) is 0 Å². The molecule has 7 heteroatoms. The number of ether oxygens (including phenoxy) is 1. The molecule has 1 rings (SSSR count). The quantitative estimate of drug-likeness (QED) is 0.682. The fraction of sp³-hybridized carbons (Fsp3) is 0.824. The van der Waals surface area contributed by atoms with Gasteiger partial charge in [0, 0.05) is 32.6 Å². The van der Waals surface area contributed by atoms with Crippen molar-refractivity contribution in [1.29, 1.82) is 0 Å². The molecule has 0 bridgehead atoms. The molecule has 1 fully saturated rings. The van der Waals surface area contributed by atoms with Crippen molar-refractivity contribution in [3.63, 3.8) is 0 Å². The van der Waals surface area contributed by atoms with E-state index in [9.17, 15) is 14.4 Å². The predicted molar refractivity (Wildman–Crippen MR) is 91.5 cm³/mol. The molecule has 3 amide bonds. The standard InChI is InChI=1S/C17H31N3O4/c1-4-6-7-10-20(14(3)21)13-16(22)18-15-8-11-19(12-9-15)17(23)24-5-2/h15H,4-13H2,1-3H3,(H,18,22). The van der Waals surface area contributed by atoms with Crippen LogP contribution < -0.4 is 5.32 Å². The van der Waals surface area contributed by atoms with Gasteiger partial charge in [0.25, 0.3) is 0 Å². The number of piperidine rings is 1. The van der Waals surface area contributed by atoms with Gasteiger partial charge in [-0.15, -0.1) is 0 Å². The third-order valence-electron chi connectivity index (χ3n) is 4.20. The lowest BCUT2D eigenvalue weighted by molar-refractivity contribution is -0.134. The predicted octanol–water partition coefficient (Wildman–Crippen LogP) is 1.76. The molecule has 0 unspecified atom stereocenters. The molecule has 24 heavy (non-hydrogen) atoms. The zero-order valence-corrected chi connectivity index (χ0v) is 15.2. The van der Waals surface area contributed by atoms with E-state index >= 15 is 0 Å². The second-order valence-corrected chi connectivity index (χ2v) is 6.18. The van der Waals surface area contributed by atoms with E-state index in [4.69, 9.17) is 4.74 Å². The molecule has 0 aromatic rings. The maximum Gasteiger partial charge on any atom is 0.409 e. The van der Waals surface area contributed by atoms with Gasteiger partial charge in [-0.05, 0) is 26.2 Å². The van der Waals surface area contributed by atoms with E-state index in [1.54, 1.807) is 16.7 Å². The third-order valence-corrected chi connectivity index (χ3v) is 4.20. The lowest BCUT2D eigenvalue weighted by Crippen LogP contribution is -2.49. The van der Waals surface area contributed by atoms with Gasteiger partial charge in [0.15, 0.2) is 0 Å². The van der Waals surface area contributed by atoms with Gasteiger partial charge in [0.05, 0.1) is 13.2 Å². The third kappa shape index (κ3) is 7.19. The zero-order chi connectivity index (χ0) is 17.9. The van der Waals surface area contributed by atoms with Gasteiger partial charge in [0.2, 0.25) is 11.8 Å². The topological polar surface area (TPSA) is 79.0 Å². The van der Waals surface area contributed by atoms with Gasteiger partial charge in [-0.3, -0.25) is 9.59 Å². The van der Waals surface area contributed by atoms with Crippen molar-refractivity contribution in [3.05, 3.63) is 0 Å². The van der Waals surface area contributed by atoms with E-state index in [1.807, 2.05) is 0 Å². The number of nitrogens with zero attached hydrogens (tertiary/aromatic N) is 2. The number of hydrogen-bond donors (Lipinski definition) is 1. The summed E-state index contributed by atoms with van der Waals surface area (Å²) in [7, 11) is 0. The Labute approximate surface area is 144 Å². The molecule has 7 nitrogen and oxygen atoms in total. The highest BCUT2D eigenvalue weighted by molar-refractivity contribution is 5.83. The van der Waals surface area contributed by atoms with Crippen molar-refractivity contribution in [3.8, 4) is 0 Å². The highest BCUT2D eigenvalue weighted by atomic mass is 16.6. The first-order valence-corrected chi connectivity index (χ1v) is 8.94. The van der Waals surface area contributed by atoms with Crippen LogP contribution in [0.1, 0.15) is 52.9 Å². The SMILES string of the molecule is CCCCCN(CC(=O)NC1CCN(C(=O)OCC)CC1)C(C)=O. The van der Waals surface area contributed by atoms with Gasteiger partial charge >= 0.3 is 6.09 Å². The second kappa shape index (κ2) is 10.9. The van der Waals surface area contributed by atoms with Crippen LogP contribution in [-0.4, -0.2) is 66.5 Å². The van der Waals surface area contributed by atoms with Crippen molar-refractivity contribution in [2.45, 2.75) is 58.9 Å². The highest BCUT2D eigenvalue weighted by Gasteiger charge is 2.25. The van der Waals surface area contributed by atoms with Crippen molar-refractivity contribution in [2.75, 3.05) is 32.8 Å². The number of carbonyl (C=O) groups excluding carboxylic acids is 3. The second-order valence-electron chi connectivity index (χ2n) is 6.18. The number of amides is 3. The van der Waals surface area contributed by atoms with Crippen LogP contribution in [0.25, 0.3) is 0 Å². The van der Waals surface area contributed by atoms with Gasteiger partial charge in [0.1, 0.15) is 0 Å². The van der Waals surface area contributed by atoms with Crippen LogP contribution in [0.3, 0.4) is 0 Å². The summed E-state index contributed by atoms with van der Waals surface area (Å²) >= 11 is 0. The largest absolute Gasteiger partial charge is 0.450 e. The number of unbranched alkanes of at least 4 members (excludes halogenated alkanes) is 2. The van der Waals surface area contributed by atoms with Gasteiger partial charge in [-0.1, -0.05) is 19.8 Å². The summed E-state index contributed by atoms with van der Waals surface area (Å²) in [5.74, 6) is -0.199. The summed E-state index contributed by atoms with van der Waals surface area (Å²) in [5, 5.41) is 2.97. The first-order chi connectivity index (χ1) is 11.5. The average molecular weight is 341 g/mol. The lowest BCUT2D eigenvalue weighted by Gasteiger charge is -2.32. The Kier molecular flexibility index (Phi) is 9.19. The molecule has 0 aliphatic carbocycles. The molecular weight excluding hydrogens is 310 g/mol. The summed E-state index contributed by atoms with van der Waals surface area (Å²) < 4.78 is 4.98. The molecule has 0 atom stereocenters. The summed E-state index contributed by atoms with van der Waals surface area (Å²) in [6, 6.07) is 0.0487. The molecule has 0 aromatic carbocycles. The number of rotatable bonds is 8. The van der Waals surface area contributed by atoms with Crippen LogP contribution in [0.2, 0.25) is 0 Å². The molecule has 0 spiro atoms. The number of nitrogens with one attached hydrogen (secondary N) is 1. The highest BCUT2D eigenvalue weighted by Crippen LogP contribution is 2.11. The van der Waals surface area contributed by atoms with Crippen LogP contribution in [0.15, 0.2) is 0 Å². The van der Waals surface area contributed by atoms with Crippen molar-refractivity contribution < 1.29 is 19.1 Å². The lowest BCUT2D eigenvalue weighted by atomic mass is 10.1. The Morgan fingerprint density at radius 3 is 2.38 bits per heavy atom. The first-order valence-electron chi connectivity index (χ1n) is 8.94. The molecule has 1 heterocycles. The van der Waals surface area contributed by atoms with Gasteiger partial charge in [-0.25, -0.2) is 4.79 Å². The Bertz CT molecular complexity index is 420. The van der Waals surface area contributed by atoms with Crippen molar-refractivity contribution >= 4 is 17.9 Å². The molecule has 1 aliphatic rings. The van der Waals surface area contributed by atoms with E-state index in [2.05, 4.69) is 12.2 Å². The Hall–Kier alpha value is -1.79. The zero-order valence-electron chi connectivity index (χ0n) is 15.2. The molecule has 1 aliphatic heterocycles. The molecule has 0 aromatic heterocycles. The van der Waals surface area contributed by atoms with Crippen LogP contribution >= 0.6 is 0 Å². The Morgan fingerprint density at radius 1 is 1.17 bits per heavy atom. The van der Waals surface area contributed by atoms with Crippen molar-refractivity contribution in [2.24, 2.45) is 0 Å². The normalized spacial score (nSPS) is 15.0. The molecular formula is C17H31N3O4. The molecule has 1 N–H and O–H groups in total. The smallest absolute Gasteiger partial charge is 0.409 e. The summed E-state index contributed by atoms with van der Waals surface area (Å²) in [6.45, 7) is 7.65. The van der Waals surface area contributed by atoms with Crippen LogP contribution in [0.4, 0.5) is 4.79 Å². The number of carbonyl (C=O) groups is 3. The molecule has 1 saturated heterocycles.